The fourth-order valence-electron chi connectivity index (χ4n) is 1.32. The highest BCUT2D eigenvalue weighted by Crippen LogP contribution is 2.04. The summed E-state index contributed by atoms with van der Waals surface area (Å²) in [5, 5.41) is 5.13. The van der Waals surface area contributed by atoms with E-state index in [1.54, 1.807) is 12.2 Å². The first-order valence-electron chi connectivity index (χ1n) is 5.57. The first kappa shape index (κ1) is 13.7. The van der Waals surface area contributed by atoms with Gasteiger partial charge in [-0.1, -0.05) is 36.4 Å². The highest BCUT2D eigenvalue weighted by atomic mass is 16.2. The fourth-order valence-corrected chi connectivity index (χ4v) is 1.32. The summed E-state index contributed by atoms with van der Waals surface area (Å²) in [4.78, 5) is 22.9. The van der Waals surface area contributed by atoms with Crippen molar-refractivity contribution in [2.24, 2.45) is 0 Å². The molecule has 1 aromatic rings. The van der Waals surface area contributed by atoms with Crippen molar-refractivity contribution in [2.45, 2.75) is 6.92 Å². The van der Waals surface area contributed by atoms with Crippen molar-refractivity contribution >= 4 is 17.9 Å². The van der Waals surface area contributed by atoms with Crippen molar-refractivity contribution in [1.82, 2.24) is 10.6 Å². The molecule has 0 aromatic heterocycles. The molecule has 0 radical (unpaired) electrons. The van der Waals surface area contributed by atoms with Gasteiger partial charge in [-0.25, -0.2) is 0 Å². The third kappa shape index (κ3) is 4.65. The van der Waals surface area contributed by atoms with Gasteiger partial charge in [0.25, 0.3) is 5.91 Å². The summed E-state index contributed by atoms with van der Waals surface area (Å²) in [5.41, 5.74) is 1.06. The zero-order valence-corrected chi connectivity index (χ0v) is 10.3. The Labute approximate surface area is 106 Å². The summed E-state index contributed by atoms with van der Waals surface area (Å²) in [6.45, 7) is 5.23. The molecule has 2 N–H and O–H groups in total. The van der Waals surface area contributed by atoms with Crippen molar-refractivity contribution in [1.29, 1.82) is 0 Å². The zero-order valence-electron chi connectivity index (χ0n) is 10.3. The average molecular weight is 244 g/mol. The maximum absolute atomic E-state index is 11.8. The molecule has 0 spiro atoms. The van der Waals surface area contributed by atoms with Gasteiger partial charge >= 0.3 is 0 Å². The quantitative estimate of drug-likeness (QED) is 0.608. The smallest absolute Gasteiger partial charge is 0.268 e. The van der Waals surface area contributed by atoms with Gasteiger partial charge in [0.15, 0.2) is 0 Å². The Kier molecular flexibility index (Phi) is 5.38. The second kappa shape index (κ2) is 7.06. The van der Waals surface area contributed by atoms with Crippen LogP contribution in [0.5, 0.6) is 0 Å². The number of hydrogen-bond donors (Lipinski definition) is 2. The van der Waals surface area contributed by atoms with Crippen LogP contribution in [0.4, 0.5) is 0 Å². The molecule has 0 aliphatic carbocycles. The molecule has 0 heterocycles. The molecular formula is C14H16N2O2. The number of rotatable bonds is 5. The van der Waals surface area contributed by atoms with Gasteiger partial charge in [-0.05, 0) is 11.6 Å². The van der Waals surface area contributed by atoms with Gasteiger partial charge in [0, 0.05) is 13.5 Å². The zero-order chi connectivity index (χ0) is 13.4. The highest BCUT2D eigenvalue weighted by Gasteiger charge is 2.09. The van der Waals surface area contributed by atoms with Gasteiger partial charge in [-0.15, -0.1) is 6.58 Å². The van der Waals surface area contributed by atoms with E-state index >= 15 is 0 Å². The van der Waals surface area contributed by atoms with Crippen LogP contribution in [0.2, 0.25) is 0 Å². The lowest BCUT2D eigenvalue weighted by Crippen LogP contribution is -2.33. The lowest BCUT2D eigenvalue weighted by Gasteiger charge is -2.08. The molecule has 18 heavy (non-hydrogen) atoms. The first-order valence-corrected chi connectivity index (χ1v) is 5.57. The Morgan fingerprint density at radius 1 is 1.28 bits per heavy atom. The van der Waals surface area contributed by atoms with Crippen molar-refractivity contribution in [3.8, 4) is 0 Å². The molecule has 0 saturated heterocycles. The largest absolute Gasteiger partial charge is 0.347 e. The molecule has 0 unspecified atom stereocenters. The van der Waals surface area contributed by atoms with E-state index in [1.165, 1.54) is 6.92 Å². The van der Waals surface area contributed by atoms with Crippen molar-refractivity contribution in [2.75, 3.05) is 6.54 Å². The van der Waals surface area contributed by atoms with Gasteiger partial charge in [0.1, 0.15) is 5.70 Å². The summed E-state index contributed by atoms with van der Waals surface area (Å²) < 4.78 is 0. The van der Waals surface area contributed by atoms with Gasteiger partial charge in [-0.3, -0.25) is 9.59 Å². The number of benzene rings is 1. The van der Waals surface area contributed by atoms with Crippen molar-refractivity contribution in [3.05, 3.63) is 54.2 Å². The van der Waals surface area contributed by atoms with Crippen LogP contribution in [0.25, 0.3) is 6.08 Å². The second-order valence-corrected chi connectivity index (χ2v) is 3.65. The maximum atomic E-state index is 11.8. The molecule has 0 aliphatic heterocycles. The molecule has 0 aliphatic rings. The van der Waals surface area contributed by atoms with Gasteiger partial charge in [-0.2, -0.15) is 0 Å². The van der Waals surface area contributed by atoms with Crippen LogP contribution in [-0.2, 0) is 9.59 Å². The summed E-state index contributed by atoms with van der Waals surface area (Å²) in [7, 11) is 0. The van der Waals surface area contributed by atoms with Crippen LogP contribution in [0.15, 0.2) is 48.7 Å². The molecular weight excluding hydrogens is 228 g/mol. The SMILES string of the molecule is C=CCNC(=O)/C(=C\c1ccccc1)NC(C)=O. The van der Waals surface area contributed by atoms with E-state index in [0.29, 0.717) is 6.54 Å². The van der Waals surface area contributed by atoms with E-state index in [9.17, 15) is 9.59 Å². The van der Waals surface area contributed by atoms with E-state index < -0.39 is 0 Å². The van der Waals surface area contributed by atoms with E-state index in [1.807, 2.05) is 30.3 Å². The Morgan fingerprint density at radius 2 is 1.94 bits per heavy atom. The Morgan fingerprint density at radius 3 is 2.50 bits per heavy atom. The third-order valence-corrected chi connectivity index (χ3v) is 2.07. The normalized spacial score (nSPS) is 10.6. The molecule has 1 aromatic carbocycles. The minimum Gasteiger partial charge on any atom is -0.347 e. The average Bonchev–Trinajstić information content (AvgIpc) is 2.36. The van der Waals surface area contributed by atoms with Gasteiger partial charge in [0.2, 0.25) is 5.91 Å². The summed E-state index contributed by atoms with van der Waals surface area (Å²) in [5.74, 6) is -0.625. The molecule has 0 saturated carbocycles. The van der Waals surface area contributed by atoms with Gasteiger partial charge in [0.05, 0.1) is 0 Å². The van der Waals surface area contributed by atoms with Crippen LogP contribution >= 0.6 is 0 Å². The fraction of sp³-hybridized carbons (Fsp3) is 0.143. The molecule has 4 heteroatoms. The Hall–Kier alpha value is -2.36. The van der Waals surface area contributed by atoms with Crippen LogP contribution < -0.4 is 10.6 Å². The second-order valence-electron chi connectivity index (χ2n) is 3.65. The van der Waals surface area contributed by atoms with E-state index in [4.69, 9.17) is 0 Å². The summed E-state index contributed by atoms with van der Waals surface area (Å²) in [6.07, 6.45) is 3.20. The maximum Gasteiger partial charge on any atom is 0.268 e. The molecule has 0 bridgehead atoms. The third-order valence-electron chi connectivity index (χ3n) is 2.07. The van der Waals surface area contributed by atoms with Gasteiger partial charge < -0.3 is 10.6 Å². The summed E-state index contributed by atoms with van der Waals surface area (Å²) >= 11 is 0. The van der Waals surface area contributed by atoms with E-state index in [2.05, 4.69) is 17.2 Å². The van der Waals surface area contributed by atoms with Crippen molar-refractivity contribution in [3.63, 3.8) is 0 Å². The summed E-state index contributed by atoms with van der Waals surface area (Å²) in [6, 6.07) is 9.30. The Balaban J connectivity index is 2.90. The lowest BCUT2D eigenvalue weighted by atomic mass is 10.2. The van der Waals surface area contributed by atoms with E-state index in [0.717, 1.165) is 5.56 Å². The van der Waals surface area contributed by atoms with Crippen LogP contribution in [0, 0.1) is 0 Å². The highest BCUT2D eigenvalue weighted by molar-refractivity contribution is 6.00. The standard InChI is InChI=1S/C14H16N2O2/c1-3-9-15-14(18)13(16-11(2)17)10-12-7-5-4-6-8-12/h3-8,10H,1,9H2,2H3,(H,15,18)(H,16,17)/b13-10+. The first-order chi connectivity index (χ1) is 8.63. The predicted octanol–water partition coefficient (Wildman–Crippen LogP) is 1.47. The van der Waals surface area contributed by atoms with Crippen LogP contribution in [0.3, 0.4) is 0 Å². The number of carbonyl (C=O) groups is 2. The molecule has 1 rings (SSSR count). The molecule has 4 nitrogen and oxygen atoms in total. The number of nitrogens with one attached hydrogen (secondary N) is 2. The molecule has 0 atom stereocenters. The molecule has 2 amide bonds. The molecule has 0 fully saturated rings. The van der Waals surface area contributed by atoms with Crippen LogP contribution in [0.1, 0.15) is 12.5 Å². The minimum absolute atomic E-state index is 0.218. The van der Waals surface area contributed by atoms with E-state index in [-0.39, 0.29) is 17.5 Å². The molecule has 94 valence electrons. The Bertz CT molecular complexity index is 464. The number of carbonyl (C=O) groups excluding carboxylic acids is 2. The number of amides is 2. The topological polar surface area (TPSA) is 58.2 Å². The lowest BCUT2D eigenvalue weighted by molar-refractivity contribution is -0.122. The predicted molar refractivity (Wildman–Crippen MR) is 71.4 cm³/mol. The van der Waals surface area contributed by atoms with Crippen molar-refractivity contribution < 1.29 is 9.59 Å². The number of hydrogen-bond acceptors (Lipinski definition) is 2. The van der Waals surface area contributed by atoms with Crippen LogP contribution in [-0.4, -0.2) is 18.4 Å². The monoisotopic (exact) mass is 244 g/mol. The minimum atomic E-state index is -0.339.